The second kappa shape index (κ2) is 33.7. The Kier molecular flexibility index (Phi) is 30.5. The number of sulfonamides is 2. The smallest absolute Gasteiger partial charge is 0.329 e. The van der Waals surface area contributed by atoms with Gasteiger partial charge in [-0.15, -0.1) is 0 Å². The summed E-state index contributed by atoms with van der Waals surface area (Å²) >= 11 is 0. The highest BCUT2D eigenvalue weighted by Gasteiger charge is 2.27. The van der Waals surface area contributed by atoms with E-state index in [1.54, 1.807) is 71.0 Å². The van der Waals surface area contributed by atoms with Crippen LogP contribution in [0.1, 0.15) is 68.5 Å². The van der Waals surface area contributed by atoms with Crippen LogP contribution in [-0.2, 0) is 52.0 Å². The van der Waals surface area contributed by atoms with E-state index in [9.17, 15) is 26.4 Å². The quantitative estimate of drug-likeness (QED) is 0.0525. The Morgan fingerprint density at radius 1 is 0.581 bits per heavy atom. The van der Waals surface area contributed by atoms with E-state index >= 15 is 0 Å². The Bertz CT molecular complexity index is 2510. The summed E-state index contributed by atoms with van der Waals surface area (Å²) in [5.74, 6) is -0.0657. The van der Waals surface area contributed by atoms with Crippen molar-refractivity contribution in [1.29, 1.82) is 0 Å². The summed E-state index contributed by atoms with van der Waals surface area (Å²) in [5.41, 5.74) is 7.03. The first kappa shape index (κ1) is 66.9. The molecule has 19 heteroatoms. The molecular weight excluding hydrogens is 985 g/mol. The van der Waals surface area contributed by atoms with Gasteiger partial charge >= 0.3 is 5.97 Å². The molecule has 0 atom stereocenters. The molecule has 4 aromatic carbocycles. The predicted octanol–water partition coefficient (Wildman–Crippen LogP) is 7.78. The number of ether oxygens (including phenoxy) is 4. The zero-order chi connectivity index (χ0) is 54.9. The monoisotopic (exact) mass is 1070 g/mol. The molecule has 4 rings (SSSR count). The molecule has 0 aliphatic carbocycles. The third-order valence-electron chi connectivity index (χ3n) is 12.3. The molecule has 0 unspecified atom stereocenters. The van der Waals surface area contributed by atoms with Crippen LogP contribution in [0.3, 0.4) is 0 Å². The Labute approximate surface area is 444 Å². The highest BCUT2D eigenvalue weighted by molar-refractivity contribution is 7.89. The van der Waals surface area contributed by atoms with Crippen molar-refractivity contribution in [2.45, 2.75) is 85.4 Å². The van der Waals surface area contributed by atoms with Gasteiger partial charge in [-0.3, -0.25) is 4.79 Å². The second-order valence-corrected chi connectivity index (χ2v) is 21.4. The normalized spacial score (nSPS) is 11.4. The van der Waals surface area contributed by atoms with E-state index in [2.05, 4.69) is 73.1 Å². The van der Waals surface area contributed by atoms with Gasteiger partial charge < -0.3 is 44.1 Å². The number of aryl methyl sites for hydroxylation is 4. The van der Waals surface area contributed by atoms with E-state index in [0.29, 0.717) is 33.8 Å². The highest BCUT2D eigenvalue weighted by Crippen LogP contribution is 2.29. The first-order valence-electron chi connectivity index (χ1n) is 24.7. The number of methoxy groups -OCH3 is 2. The standard InChI is InChI=1S/C27H41N3O5S.C14H21NO6S.C13H22N2.CH4/c1-8-30(9-2)14-13-23-11-10-12-24(19-23)29(6)26(31)20-35-16-15-28(5)36(32,33)27-21(3)17-25(34-7)18-22(27)4;1-10-7-12(20-4)8-11(2)14(10)22(18,19)15(3)5-6-21-9-13(16)17;1-4-15(5-2)10-9-12-7-6-8-13(11-12)14-3;/h10-12,17-19H,8-9,13-16,20H2,1-7H3;7-8H,5-6,9H2,1-4H3,(H,16,17);6-8,11,14H,4-5,9-10H2,1-3H3;1H4. The van der Waals surface area contributed by atoms with Crippen LogP contribution in [0.4, 0.5) is 11.4 Å². The van der Waals surface area contributed by atoms with Crippen LogP contribution in [0.2, 0.25) is 0 Å². The number of amides is 1. The fourth-order valence-corrected chi connectivity index (χ4v) is 10.9. The number of carbonyl (C=O) groups is 2. The minimum atomic E-state index is -3.71. The number of carboxylic acid groups (broad SMARTS) is 1. The SMILES string of the molecule is C.CCN(CC)CCc1cccc(N(C)C(=O)COCCN(C)S(=O)(=O)c2c(C)cc(OC)cc2C)c1.CCN(CC)CCc1cccc(NC)c1.COc1cc(C)c(S(=O)(=O)N(C)CCOCC(=O)O)c(C)c1. The van der Waals surface area contributed by atoms with Crippen molar-refractivity contribution in [3.63, 3.8) is 0 Å². The summed E-state index contributed by atoms with van der Waals surface area (Å²) in [5, 5.41) is 11.6. The Hall–Kier alpha value is -5.12. The number of carbonyl (C=O) groups excluding carboxylic acids is 1. The van der Waals surface area contributed by atoms with Crippen molar-refractivity contribution < 1.29 is 50.5 Å². The molecule has 1 amide bonds. The van der Waals surface area contributed by atoms with Gasteiger partial charge in [0.05, 0.1) is 37.2 Å². The predicted molar refractivity (Wildman–Crippen MR) is 299 cm³/mol. The van der Waals surface area contributed by atoms with E-state index in [1.165, 1.54) is 42.3 Å². The molecule has 0 fully saturated rings. The molecule has 0 bridgehead atoms. The number of hydrogen-bond donors (Lipinski definition) is 2. The van der Waals surface area contributed by atoms with E-state index in [4.69, 9.17) is 24.1 Å². The number of benzene rings is 4. The van der Waals surface area contributed by atoms with Crippen LogP contribution in [0.15, 0.2) is 82.6 Å². The number of nitrogens with zero attached hydrogens (tertiary/aromatic N) is 5. The van der Waals surface area contributed by atoms with Gasteiger partial charge in [0.1, 0.15) is 24.7 Å². The molecule has 17 nitrogen and oxygen atoms in total. The number of likely N-dealkylation sites (N-methyl/N-ethyl adjacent to an activating group) is 5. The summed E-state index contributed by atoms with van der Waals surface area (Å²) in [6.45, 7) is 21.8. The van der Waals surface area contributed by atoms with Crippen LogP contribution in [0, 0.1) is 27.7 Å². The molecule has 0 heterocycles. The fourth-order valence-electron chi connectivity index (χ4n) is 7.83. The van der Waals surface area contributed by atoms with Crippen LogP contribution < -0.4 is 19.7 Å². The van der Waals surface area contributed by atoms with Crippen molar-refractivity contribution in [1.82, 2.24) is 18.4 Å². The first-order chi connectivity index (χ1) is 34.5. The van der Waals surface area contributed by atoms with Gasteiger partial charge in [-0.2, -0.15) is 8.61 Å². The Morgan fingerprint density at radius 3 is 1.35 bits per heavy atom. The minimum Gasteiger partial charge on any atom is -0.497 e. The van der Waals surface area contributed by atoms with Crippen LogP contribution in [-0.4, -0.2) is 173 Å². The number of hydrogen-bond acceptors (Lipinski definition) is 13. The highest BCUT2D eigenvalue weighted by atomic mass is 32.2. The van der Waals surface area contributed by atoms with E-state index < -0.39 is 32.6 Å². The molecule has 0 spiro atoms. The molecule has 0 radical (unpaired) electrons. The van der Waals surface area contributed by atoms with Crippen molar-refractivity contribution in [3.05, 3.63) is 106 Å². The van der Waals surface area contributed by atoms with Gasteiger partial charge in [0.15, 0.2) is 0 Å². The molecule has 0 aromatic heterocycles. The Morgan fingerprint density at radius 2 is 0.973 bits per heavy atom. The lowest BCUT2D eigenvalue weighted by Crippen LogP contribution is -2.34. The second-order valence-electron chi connectivity index (χ2n) is 17.5. The van der Waals surface area contributed by atoms with Crippen molar-refractivity contribution >= 4 is 43.3 Å². The first-order valence-corrected chi connectivity index (χ1v) is 27.6. The maximum atomic E-state index is 13.1. The summed E-state index contributed by atoms with van der Waals surface area (Å²) in [6.07, 6.45) is 2.05. The van der Waals surface area contributed by atoms with Gasteiger partial charge in [0.25, 0.3) is 5.91 Å². The lowest BCUT2D eigenvalue weighted by molar-refractivity contribution is -0.142. The average molecular weight is 1070 g/mol. The van der Waals surface area contributed by atoms with Gasteiger partial charge in [-0.25, -0.2) is 21.6 Å². The zero-order valence-corrected chi connectivity index (χ0v) is 47.5. The number of anilines is 2. The average Bonchev–Trinajstić information content (AvgIpc) is 3.36. The molecule has 416 valence electrons. The lowest BCUT2D eigenvalue weighted by Gasteiger charge is -2.21. The molecular formula is C55H88N6O11S2. The third-order valence-corrected chi connectivity index (χ3v) is 16.7. The topological polar surface area (TPSA) is 188 Å². The van der Waals surface area contributed by atoms with Gasteiger partial charge in [0, 0.05) is 65.7 Å². The van der Waals surface area contributed by atoms with Crippen LogP contribution >= 0.6 is 0 Å². The lowest BCUT2D eigenvalue weighted by atomic mass is 10.1. The summed E-state index contributed by atoms with van der Waals surface area (Å²) < 4.78 is 74.6. The molecule has 0 aliphatic heterocycles. The van der Waals surface area contributed by atoms with Crippen LogP contribution in [0.25, 0.3) is 0 Å². The van der Waals surface area contributed by atoms with E-state index in [-0.39, 0.29) is 56.0 Å². The summed E-state index contributed by atoms with van der Waals surface area (Å²) in [7, 11) is 2.32. The van der Waals surface area contributed by atoms with Crippen molar-refractivity contribution in [3.8, 4) is 11.5 Å². The van der Waals surface area contributed by atoms with Gasteiger partial charge in [-0.1, -0.05) is 59.4 Å². The molecule has 4 aromatic rings. The van der Waals surface area contributed by atoms with Gasteiger partial charge in [0.2, 0.25) is 20.0 Å². The van der Waals surface area contributed by atoms with Crippen LogP contribution in [0.5, 0.6) is 11.5 Å². The maximum absolute atomic E-state index is 13.1. The number of rotatable bonds is 28. The number of carboxylic acids is 1. The molecule has 74 heavy (non-hydrogen) atoms. The largest absolute Gasteiger partial charge is 0.497 e. The minimum absolute atomic E-state index is 0. The number of aliphatic carboxylic acids is 1. The zero-order valence-electron chi connectivity index (χ0n) is 45.9. The number of nitrogens with one attached hydrogen (secondary N) is 1. The summed E-state index contributed by atoms with van der Waals surface area (Å²) in [4.78, 5) is 29.9. The molecule has 0 aliphatic rings. The van der Waals surface area contributed by atoms with Gasteiger partial charge in [-0.05, 0) is 149 Å². The maximum Gasteiger partial charge on any atom is 0.329 e. The third kappa shape index (κ3) is 21.2. The van der Waals surface area contributed by atoms with Crippen molar-refractivity contribution in [2.75, 3.05) is 131 Å². The molecule has 0 saturated heterocycles. The Balaban J connectivity index is 0.000000611. The molecule has 2 N–H and O–H groups in total. The van der Waals surface area contributed by atoms with Crippen molar-refractivity contribution in [2.24, 2.45) is 0 Å². The fraction of sp³-hybridized carbons (Fsp3) is 0.527. The summed E-state index contributed by atoms with van der Waals surface area (Å²) in [6, 6.07) is 23.3. The van der Waals surface area contributed by atoms with E-state index in [1.807, 2.05) is 25.2 Å². The van der Waals surface area contributed by atoms with E-state index in [0.717, 1.165) is 62.1 Å². The molecule has 0 saturated carbocycles.